The molecule has 3 heterocycles. The molecule has 30 heavy (non-hydrogen) atoms. The monoisotopic (exact) mass is 432 g/mol. The average Bonchev–Trinajstić information content (AvgIpc) is 3.53. The predicted molar refractivity (Wildman–Crippen MR) is 120 cm³/mol. The van der Waals surface area contributed by atoms with E-state index >= 15 is 0 Å². The van der Waals surface area contributed by atoms with Gasteiger partial charge in [0.05, 0.1) is 10.2 Å². The SMILES string of the molecule is O=C(CCc1nnc(-c2ccsc2)o1)Nc1ccc(-c2nc3ccccc3s2)cc1. The Balaban J connectivity index is 1.19. The molecule has 0 bridgehead atoms. The normalized spacial score (nSPS) is 11.1. The average molecular weight is 433 g/mol. The smallest absolute Gasteiger partial charge is 0.248 e. The van der Waals surface area contributed by atoms with Gasteiger partial charge in [-0.15, -0.1) is 21.5 Å². The number of para-hydroxylation sites is 1. The Morgan fingerprint density at radius 3 is 2.67 bits per heavy atom. The Kier molecular flexibility index (Phi) is 5.08. The third-order valence-corrected chi connectivity index (χ3v) is 6.28. The number of hydrogen-bond acceptors (Lipinski definition) is 7. The van der Waals surface area contributed by atoms with Crippen LogP contribution in [0.2, 0.25) is 0 Å². The fraction of sp³-hybridized carbons (Fsp3) is 0.0909. The molecule has 5 aromatic rings. The van der Waals surface area contributed by atoms with Gasteiger partial charge in [0.25, 0.3) is 0 Å². The van der Waals surface area contributed by atoms with Gasteiger partial charge in [0.15, 0.2) is 0 Å². The molecule has 3 aromatic heterocycles. The molecule has 0 radical (unpaired) electrons. The lowest BCUT2D eigenvalue weighted by Crippen LogP contribution is -2.12. The first-order chi connectivity index (χ1) is 14.7. The molecule has 0 aliphatic heterocycles. The van der Waals surface area contributed by atoms with Crippen molar-refractivity contribution in [2.75, 3.05) is 5.32 Å². The fourth-order valence-electron chi connectivity index (χ4n) is 2.99. The molecule has 1 amide bonds. The number of benzene rings is 2. The molecule has 148 valence electrons. The first kappa shape index (κ1) is 18.7. The molecular formula is C22H16N4O2S2. The van der Waals surface area contributed by atoms with E-state index in [9.17, 15) is 4.79 Å². The summed E-state index contributed by atoms with van der Waals surface area (Å²) in [4.78, 5) is 16.9. The molecule has 0 spiro atoms. The topological polar surface area (TPSA) is 80.9 Å². The minimum Gasteiger partial charge on any atom is -0.421 e. The summed E-state index contributed by atoms with van der Waals surface area (Å²) in [6.07, 6.45) is 0.664. The highest BCUT2D eigenvalue weighted by Crippen LogP contribution is 2.30. The van der Waals surface area contributed by atoms with Gasteiger partial charge in [-0.3, -0.25) is 4.79 Å². The summed E-state index contributed by atoms with van der Waals surface area (Å²) in [5, 5.41) is 15.8. The third kappa shape index (κ3) is 4.00. The maximum atomic E-state index is 12.3. The Morgan fingerprint density at radius 1 is 1.00 bits per heavy atom. The second-order valence-corrected chi connectivity index (χ2v) is 8.44. The summed E-state index contributed by atoms with van der Waals surface area (Å²) in [5.74, 6) is 0.840. The number of carbonyl (C=O) groups excluding carboxylic acids is 1. The van der Waals surface area contributed by atoms with Crippen LogP contribution in [0.3, 0.4) is 0 Å². The minimum absolute atomic E-state index is 0.0991. The van der Waals surface area contributed by atoms with Crippen molar-refractivity contribution in [3.05, 3.63) is 71.2 Å². The second kappa shape index (κ2) is 8.17. The number of hydrogen-bond donors (Lipinski definition) is 1. The van der Waals surface area contributed by atoms with Crippen molar-refractivity contribution in [3.63, 3.8) is 0 Å². The van der Waals surface area contributed by atoms with E-state index in [2.05, 4.69) is 26.6 Å². The first-order valence-corrected chi connectivity index (χ1v) is 11.1. The number of fused-ring (bicyclic) bond motifs is 1. The fourth-order valence-corrected chi connectivity index (χ4v) is 4.59. The van der Waals surface area contributed by atoms with E-state index in [0.717, 1.165) is 32.0 Å². The molecule has 8 heteroatoms. The number of thiazole rings is 1. The van der Waals surface area contributed by atoms with Gasteiger partial charge >= 0.3 is 0 Å². The summed E-state index contributed by atoms with van der Waals surface area (Å²) in [5.41, 5.74) is 3.67. The molecule has 0 atom stereocenters. The highest BCUT2D eigenvalue weighted by molar-refractivity contribution is 7.21. The Hall–Kier alpha value is -3.36. The van der Waals surface area contributed by atoms with E-state index < -0.39 is 0 Å². The summed E-state index contributed by atoms with van der Waals surface area (Å²) in [6.45, 7) is 0. The molecule has 5 rings (SSSR count). The lowest BCUT2D eigenvalue weighted by Gasteiger charge is -2.05. The van der Waals surface area contributed by atoms with Crippen LogP contribution in [0.15, 0.2) is 69.8 Å². The molecule has 1 N–H and O–H groups in total. The van der Waals surface area contributed by atoms with Gasteiger partial charge in [-0.1, -0.05) is 12.1 Å². The molecule has 0 unspecified atom stereocenters. The van der Waals surface area contributed by atoms with E-state index in [1.807, 2.05) is 59.3 Å². The number of carbonyl (C=O) groups is 1. The van der Waals surface area contributed by atoms with Crippen LogP contribution in [0, 0.1) is 0 Å². The van der Waals surface area contributed by atoms with E-state index in [1.54, 1.807) is 22.7 Å². The third-order valence-electron chi connectivity index (χ3n) is 4.51. The first-order valence-electron chi connectivity index (χ1n) is 9.35. The predicted octanol–water partition coefficient (Wildman–Crippen LogP) is 5.65. The summed E-state index contributed by atoms with van der Waals surface area (Å²) in [6, 6.07) is 17.7. The van der Waals surface area contributed by atoms with Gasteiger partial charge in [0.2, 0.25) is 17.7 Å². The van der Waals surface area contributed by atoms with Crippen molar-refractivity contribution in [1.29, 1.82) is 0 Å². The van der Waals surface area contributed by atoms with Crippen LogP contribution in [-0.2, 0) is 11.2 Å². The van der Waals surface area contributed by atoms with Crippen molar-refractivity contribution in [1.82, 2.24) is 15.2 Å². The van der Waals surface area contributed by atoms with Crippen LogP contribution in [0.4, 0.5) is 5.69 Å². The molecule has 0 aliphatic rings. The van der Waals surface area contributed by atoms with Crippen LogP contribution in [-0.4, -0.2) is 21.1 Å². The van der Waals surface area contributed by atoms with Crippen LogP contribution >= 0.6 is 22.7 Å². The van der Waals surface area contributed by atoms with E-state index in [1.165, 1.54) is 0 Å². The molecule has 6 nitrogen and oxygen atoms in total. The van der Waals surface area contributed by atoms with Gasteiger partial charge in [0.1, 0.15) is 5.01 Å². The molecule has 0 fully saturated rings. The number of aryl methyl sites for hydroxylation is 1. The summed E-state index contributed by atoms with van der Waals surface area (Å²) >= 11 is 3.22. The van der Waals surface area contributed by atoms with Crippen molar-refractivity contribution < 1.29 is 9.21 Å². The maximum absolute atomic E-state index is 12.3. The molecule has 0 saturated carbocycles. The lowest BCUT2D eigenvalue weighted by molar-refractivity contribution is -0.116. The molecule has 0 aliphatic carbocycles. The van der Waals surface area contributed by atoms with Crippen molar-refractivity contribution in [2.45, 2.75) is 12.8 Å². The van der Waals surface area contributed by atoms with Crippen molar-refractivity contribution >= 4 is 44.5 Å². The number of anilines is 1. The van der Waals surface area contributed by atoms with Gasteiger partial charge in [0, 0.05) is 35.0 Å². The maximum Gasteiger partial charge on any atom is 0.248 e. The van der Waals surface area contributed by atoms with Crippen LogP contribution in [0.25, 0.3) is 32.2 Å². The van der Waals surface area contributed by atoms with E-state index in [4.69, 9.17) is 4.42 Å². The highest BCUT2D eigenvalue weighted by atomic mass is 32.1. The largest absolute Gasteiger partial charge is 0.421 e. The number of thiophene rings is 1. The molecule has 0 saturated heterocycles. The molecular weight excluding hydrogens is 416 g/mol. The van der Waals surface area contributed by atoms with Crippen molar-refractivity contribution in [3.8, 4) is 22.0 Å². The zero-order valence-corrected chi connectivity index (χ0v) is 17.4. The highest BCUT2D eigenvalue weighted by Gasteiger charge is 2.11. The Morgan fingerprint density at radius 2 is 1.87 bits per heavy atom. The number of nitrogens with zero attached hydrogens (tertiary/aromatic N) is 3. The lowest BCUT2D eigenvalue weighted by atomic mass is 10.2. The second-order valence-electron chi connectivity index (χ2n) is 6.63. The zero-order chi connectivity index (χ0) is 20.3. The quantitative estimate of drug-likeness (QED) is 0.375. The minimum atomic E-state index is -0.0991. The Labute approximate surface area is 180 Å². The standard InChI is InChI=1S/C22H16N4O2S2/c27-19(9-10-20-25-26-21(28-20)15-11-12-29-13-15)23-16-7-5-14(6-8-16)22-24-17-3-1-2-4-18(17)30-22/h1-8,11-13H,9-10H2,(H,23,27). The van der Waals surface area contributed by atoms with E-state index in [0.29, 0.717) is 18.2 Å². The number of nitrogens with one attached hydrogen (secondary N) is 1. The number of rotatable bonds is 6. The summed E-state index contributed by atoms with van der Waals surface area (Å²) in [7, 11) is 0. The van der Waals surface area contributed by atoms with Gasteiger partial charge in [-0.25, -0.2) is 4.98 Å². The molecule has 2 aromatic carbocycles. The number of amides is 1. The van der Waals surface area contributed by atoms with Crippen LogP contribution < -0.4 is 5.32 Å². The summed E-state index contributed by atoms with van der Waals surface area (Å²) < 4.78 is 6.78. The van der Waals surface area contributed by atoms with E-state index in [-0.39, 0.29) is 12.3 Å². The zero-order valence-electron chi connectivity index (χ0n) is 15.7. The number of aromatic nitrogens is 3. The van der Waals surface area contributed by atoms with Crippen molar-refractivity contribution in [2.24, 2.45) is 0 Å². The van der Waals surface area contributed by atoms with Crippen LogP contribution in [0.1, 0.15) is 12.3 Å². The van der Waals surface area contributed by atoms with Gasteiger partial charge < -0.3 is 9.73 Å². The van der Waals surface area contributed by atoms with Gasteiger partial charge in [-0.05, 0) is 47.8 Å². The van der Waals surface area contributed by atoms with Crippen LogP contribution in [0.5, 0.6) is 0 Å². The Bertz CT molecular complexity index is 1260. The van der Waals surface area contributed by atoms with Gasteiger partial charge in [-0.2, -0.15) is 11.3 Å².